The number of rotatable bonds is 4. The molecule has 0 saturated heterocycles. The maximum absolute atomic E-state index is 11.6. The van der Waals surface area contributed by atoms with Crippen LogP contribution in [0, 0.1) is 6.92 Å². The van der Waals surface area contributed by atoms with Gasteiger partial charge in [-0.2, -0.15) is 10.2 Å². The van der Waals surface area contributed by atoms with Crippen molar-refractivity contribution in [2.75, 3.05) is 0 Å². The minimum absolute atomic E-state index is 0.0584. The molecule has 6 nitrogen and oxygen atoms in total. The lowest BCUT2D eigenvalue weighted by molar-refractivity contribution is -0.122. The molecule has 17 heavy (non-hydrogen) atoms. The van der Waals surface area contributed by atoms with Crippen LogP contribution in [-0.2, 0) is 24.9 Å². The maximum Gasteiger partial charge on any atom is 0.241 e. The van der Waals surface area contributed by atoms with Gasteiger partial charge in [-0.25, -0.2) is 0 Å². The van der Waals surface area contributed by atoms with Gasteiger partial charge in [-0.3, -0.25) is 14.2 Å². The number of aromatic nitrogens is 4. The van der Waals surface area contributed by atoms with Crippen molar-refractivity contribution in [1.82, 2.24) is 24.9 Å². The molecular weight excluding hydrogens is 218 g/mol. The molecule has 0 radical (unpaired) electrons. The number of nitrogens with one attached hydrogen (secondary N) is 1. The molecule has 2 rings (SSSR count). The fourth-order valence-corrected chi connectivity index (χ4v) is 1.52. The third-order valence-electron chi connectivity index (χ3n) is 2.32. The Morgan fingerprint density at radius 2 is 2.18 bits per heavy atom. The lowest BCUT2D eigenvalue weighted by Gasteiger charge is -2.03. The van der Waals surface area contributed by atoms with Crippen LogP contribution in [0.2, 0.25) is 0 Å². The molecule has 0 fully saturated rings. The molecule has 0 unspecified atom stereocenters. The fourth-order valence-electron chi connectivity index (χ4n) is 1.52. The van der Waals surface area contributed by atoms with Crippen LogP contribution in [-0.4, -0.2) is 25.5 Å². The average Bonchev–Trinajstić information content (AvgIpc) is 2.85. The van der Waals surface area contributed by atoms with Gasteiger partial charge >= 0.3 is 0 Å². The van der Waals surface area contributed by atoms with Gasteiger partial charge in [0.15, 0.2) is 0 Å². The molecule has 0 aromatic carbocycles. The van der Waals surface area contributed by atoms with Crippen LogP contribution in [0.25, 0.3) is 0 Å². The highest BCUT2D eigenvalue weighted by Crippen LogP contribution is 1.96. The number of carbonyl (C=O) groups excluding carboxylic acids is 1. The van der Waals surface area contributed by atoms with Crippen molar-refractivity contribution < 1.29 is 4.79 Å². The van der Waals surface area contributed by atoms with Crippen LogP contribution in [0.4, 0.5) is 0 Å². The van der Waals surface area contributed by atoms with E-state index in [9.17, 15) is 4.79 Å². The van der Waals surface area contributed by atoms with E-state index in [1.54, 1.807) is 21.8 Å². The Labute approximate surface area is 99.2 Å². The number of amides is 1. The molecule has 2 aromatic heterocycles. The summed E-state index contributed by atoms with van der Waals surface area (Å²) in [5, 5.41) is 10.9. The monoisotopic (exact) mass is 233 g/mol. The standard InChI is InChI=1S/C11H15N5O/c1-9-3-14-16(6-9)8-11(17)12-4-10-5-13-15(2)7-10/h3,5-7H,4,8H2,1-2H3,(H,12,17). The van der Waals surface area contributed by atoms with Crippen LogP contribution in [0.15, 0.2) is 24.8 Å². The first-order valence-corrected chi connectivity index (χ1v) is 5.37. The van der Waals surface area contributed by atoms with Crippen LogP contribution in [0.1, 0.15) is 11.1 Å². The zero-order valence-corrected chi connectivity index (χ0v) is 9.92. The van der Waals surface area contributed by atoms with E-state index < -0.39 is 0 Å². The minimum Gasteiger partial charge on any atom is -0.350 e. The topological polar surface area (TPSA) is 64.7 Å². The Morgan fingerprint density at radius 1 is 1.35 bits per heavy atom. The molecule has 0 aliphatic carbocycles. The average molecular weight is 233 g/mol. The van der Waals surface area contributed by atoms with E-state index in [0.29, 0.717) is 6.54 Å². The first kappa shape index (κ1) is 11.4. The normalized spacial score (nSPS) is 10.5. The molecule has 0 atom stereocenters. The Balaban J connectivity index is 1.82. The number of hydrogen-bond acceptors (Lipinski definition) is 3. The number of hydrogen-bond donors (Lipinski definition) is 1. The molecule has 0 saturated carbocycles. The molecule has 0 aliphatic heterocycles. The predicted octanol–water partition coefficient (Wildman–Crippen LogP) is 0.241. The van der Waals surface area contributed by atoms with Gasteiger partial charge in [0.1, 0.15) is 6.54 Å². The summed E-state index contributed by atoms with van der Waals surface area (Å²) < 4.78 is 3.33. The van der Waals surface area contributed by atoms with Crippen molar-refractivity contribution >= 4 is 5.91 Å². The number of aryl methyl sites for hydroxylation is 2. The predicted molar refractivity (Wildman–Crippen MR) is 62.0 cm³/mol. The van der Waals surface area contributed by atoms with Gasteiger partial charge in [-0.15, -0.1) is 0 Å². The van der Waals surface area contributed by atoms with Gasteiger partial charge in [0.05, 0.1) is 12.4 Å². The Kier molecular flexibility index (Phi) is 3.22. The van der Waals surface area contributed by atoms with Gasteiger partial charge in [0.25, 0.3) is 0 Å². The van der Waals surface area contributed by atoms with E-state index in [1.165, 1.54) is 0 Å². The van der Waals surface area contributed by atoms with Crippen molar-refractivity contribution in [2.24, 2.45) is 7.05 Å². The van der Waals surface area contributed by atoms with Gasteiger partial charge in [0.2, 0.25) is 5.91 Å². The fraction of sp³-hybridized carbons (Fsp3) is 0.364. The Morgan fingerprint density at radius 3 is 2.76 bits per heavy atom. The molecule has 90 valence electrons. The smallest absolute Gasteiger partial charge is 0.241 e. The lowest BCUT2D eigenvalue weighted by Crippen LogP contribution is -2.27. The molecule has 2 aromatic rings. The van der Waals surface area contributed by atoms with Crippen molar-refractivity contribution in [3.8, 4) is 0 Å². The zero-order valence-electron chi connectivity index (χ0n) is 9.92. The molecule has 0 spiro atoms. The SMILES string of the molecule is Cc1cnn(CC(=O)NCc2cnn(C)c2)c1. The second kappa shape index (κ2) is 4.82. The van der Waals surface area contributed by atoms with Crippen molar-refractivity contribution in [1.29, 1.82) is 0 Å². The van der Waals surface area contributed by atoms with Gasteiger partial charge in [-0.05, 0) is 12.5 Å². The lowest BCUT2D eigenvalue weighted by atomic mass is 10.3. The highest BCUT2D eigenvalue weighted by atomic mass is 16.2. The maximum atomic E-state index is 11.6. The summed E-state index contributed by atoms with van der Waals surface area (Å²) in [6, 6.07) is 0. The minimum atomic E-state index is -0.0584. The first-order valence-electron chi connectivity index (χ1n) is 5.37. The van der Waals surface area contributed by atoms with Crippen LogP contribution >= 0.6 is 0 Å². The Bertz CT molecular complexity index is 513. The second-order valence-corrected chi connectivity index (χ2v) is 4.01. The largest absolute Gasteiger partial charge is 0.350 e. The van der Waals surface area contributed by atoms with E-state index >= 15 is 0 Å². The summed E-state index contributed by atoms with van der Waals surface area (Å²) >= 11 is 0. The quantitative estimate of drug-likeness (QED) is 0.822. The zero-order chi connectivity index (χ0) is 12.3. The van der Waals surface area contributed by atoms with Gasteiger partial charge < -0.3 is 5.32 Å². The van der Waals surface area contributed by atoms with Crippen LogP contribution in [0.5, 0.6) is 0 Å². The first-order chi connectivity index (χ1) is 8.13. The van der Waals surface area contributed by atoms with E-state index in [0.717, 1.165) is 11.1 Å². The summed E-state index contributed by atoms with van der Waals surface area (Å²) in [6.07, 6.45) is 7.18. The van der Waals surface area contributed by atoms with E-state index in [-0.39, 0.29) is 12.5 Å². The van der Waals surface area contributed by atoms with Gasteiger partial charge in [-0.1, -0.05) is 0 Å². The van der Waals surface area contributed by atoms with E-state index in [1.807, 2.05) is 26.4 Å². The molecule has 0 bridgehead atoms. The van der Waals surface area contributed by atoms with Gasteiger partial charge in [0, 0.05) is 31.5 Å². The third kappa shape index (κ3) is 3.17. The number of nitrogens with zero attached hydrogens (tertiary/aromatic N) is 4. The molecular formula is C11H15N5O. The van der Waals surface area contributed by atoms with E-state index in [2.05, 4.69) is 15.5 Å². The van der Waals surface area contributed by atoms with Crippen molar-refractivity contribution in [3.63, 3.8) is 0 Å². The molecule has 6 heteroatoms. The molecule has 0 aliphatic rings. The summed E-state index contributed by atoms with van der Waals surface area (Å²) in [4.78, 5) is 11.6. The second-order valence-electron chi connectivity index (χ2n) is 4.01. The number of carbonyl (C=O) groups is 1. The van der Waals surface area contributed by atoms with Crippen LogP contribution < -0.4 is 5.32 Å². The molecule has 2 heterocycles. The van der Waals surface area contributed by atoms with Crippen molar-refractivity contribution in [3.05, 3.63) is 35.9 Å². The molecule has 1 N–H and O–H groups in total. The summed E-state index contributed by atoms with van der Waals surface area (Å²) in [5.41, 5.74) is 2.03. The molecule has 1 amide bonds. The Hall–Kier alpha value is -2.11. The summed E-state index contributed by atoms with van der Waals surface area (Å²) in [7, 11) is 1.85. The summed E-state index contributed by atoms with van der Waals surface area (Å²) in [6.45, 7) is 2.68. The van der Waals surface area contributed by atoms with E-state index in [4.69, 9.17) is 0 Å². The van der Waals surface area contributed by atoms with Crippen molar-refractivity contribution in [2.45, 2.75) is 20.0 Å². The van der Waals surface area contributed by atoms with Crippen LogP contribution in [0.3, 0.4) is 0 Å². The summed E-state index contributed by atoms with van der Waals surface area (Å²) in [5.74, 6) is -0.0584. The third-order valence-corrected chi connectivity index (χ3v) is 2.32. The highest BCUT2D eigenvalue weighted by Gasteiger charge is 2.04. The highest BCUT2D eigenvalue weighted by molar-refractivity contribution is 5.75.